The lowest BCUT2D eigenvalue weighted by molar-refractivity contribution is 0.269. The first-order valence-corrected chi connectivity index (χ1v) is 5.47. The van der Waals surface area contributed by atoms with Gasteiger partial charge in [0.25, 0.3) is 0 Å². The van der Waals surface area contributed by atoms with Gasteiger partial charge in [0.15, 0.2) is 0 Å². The standard InChI is InChI=1S/C10H15NS/c1-3-11-5-4-10-9(6-11)8(2)7-12-10/h7H,3-6H2,1-2H3. The third kappa shape index (κ3) is 1.29. The molecule has 2 heterocycles. The number of thiophene rings is 1. The average Bonchev–Trinajstić information content (AvgIpc) is 2.47. The van der Waals surface area contributed by atoms with Gasteiger partial charge in [-0.25, -0.2) is 0 Å². The van der Waals surface area contributed by atoms with E-state index in [9.17, 15) is 0 Å². The number of likely N-dealkylation sites (N-methyl/N-ethyl adjacent to an activating group) is 1. The molecule has 0 unspecified atom stereocenters. The monoisotopic (exact) mass is 181 g/mol. The summed E-state index contributed by atoms with van der Waals surface area (Å²) in [7, 11) is 0. The van der Waals surface area contributed by atoms with E-state index in [0.29, 0.717) is 0 Å². The second-order valence-corrected chi connectivity index (χ2v) is 4.40. The van der Waals surface area contributed by atoms with Crippen molar-refractivity contribution in [1.29, 1.82) is 0 Å². The molecule has 0 aliphatic carbocycles. The van der Waals surface area contributed by atoms with E-state index < -0.39 is 0 Å². The first-order valence-electron chi connectivity index (χ1n) is 4.59. The Bertz CT molecular complexity index is 277. The fourth-order valence-electron chi connectivity index (χ4n) is 1.78. The predicted octanol–water partition coefficient (Wildman–Crippen LogP) is 2.43. The van der Waals surface area contributed by atoms with Crippen molar-refractivity contribution in [2.75, 3.05) is 13.1 Å². The van der Waals surface area contributed by atoms with Crippen LogP contribution in [0.3, 0.4) is 0 Å². The van der Waals surface area contributed by atoms with E-state index in [4.69, 9.17) is 0 Å². The van der Waals surface area contributed by atoms with Crippen LogP contribution in [-0.4, -0.2) is 18.0 Å². The number of aryl methyl sites for hydroxylation is 1. The van der Waals surface area contributed by atoms with Crippen molar-refractivity contribution in [3.63, 3.8) is 0 Å². The van der Waals surface area contributed by atoms with E-state index in [1.165, 1.54) is 31.6 Å². The minimum atomic E-state index is 1.18. The van der Waals surface area contributed by atoms with Gasteiger partial charge in [-0.15, -0.1) is 11.3 Å². The number of hydrogen-bond acceptors (Lipinski definition) is 2. The predicted molar refractivity (Wildman–Crippen MR) is 53.7 cm³/mol. The van der Waals surface area contributed by atoms with Crippen LogP contribution in [0.4, 0.5) is 0 Å². The van der Waals surface area contributed by atoms with Crippen molar-refractivity contribution in [2.24, 2.45) is 0 Å². The van der Waals surface area contributed by atoms with Crippen LogP contribution in [0, 0.1) is 6.92 Å². The van der Waals surface area contributed by atoms with Gasteiger partial charge in [-0.05, 0) is 36.4 Å². The molecule has 0 radical (unpaired) electrons. The molecule has 66 valence electrons. The minimum absolute atomic E-state index is 1.18. The van der Waals surface area contributed by atoms with E-state index in [1.807, 2.05) is 11.3 Å². The van der Waals surface area contributed by atoms with Gasteiger partial charge < -0.3 is 0 Å². The Labute approximate surface area is 78.0 Å². The summed E-state index contributed by atoms with van der Waals surface area (Å²) in [5.41, 5.74) is 3.10. The molecule has 1 aromatic rings. The molecule has 1 aliphatic heterocycles. The smallest absolute Gasteiger partial charge is 0.0247 e. The van der Waals surface area contributed by atoms with Crippen molar-refractivity contribution in [3.8, 4) is 0 Å². The van der Waals surface area contributed by atoms with Crippen LogP contribution in [0.1, 0.15) is 22.9 Å². The van der Waals surface area contributed by atoms with Crippen LogP contribution >= 0.6 is 11.3 Å². The van der Waals surface area contributed by atoms with Gasteiger partial charge in [0.05, 0.1) is 0 Å². The molecule has 0 saturated heterocycles. The van der Waals surface area contributed by atoms with Gasteiger partial charge in [-0.1, -0.05) is 6.92 Å². The molecule has 1 aliphatic rings. The Morgan fingerprint density at radius 3 is 3.17 bits per heavy atom. The van der Waals surface area contributed by atoms with Gasteiger partial charge in [0.2, 0.25) is 0 Å². The van der Waals surface area contributed by atoms with E-state index in [2.05, 4.69) is 24.1 Å². The van der Waals surface area contributed by atoms with Crippen molar-refractivity contribution in [3.05, 3.63) is 21.4 Å². The molecule has 0 N–H and O–H groups in total. The van der Waals surface area contributed by atoms with Crippen LogP contribution in [0.2, 0.25) is 0 Å². The van der Waals surface area contributed by atoms with Crippen molar-refractivity contribution < 1.29 is 0 Å². The molecule has 12 heavy (non-hydrogen) atoms. The van der Waals surface area contributed by atoms with Crippen molar-refractivity contribution in [2.45, 2.75) is 26.8 Å². The zero-order valence-corrected chi connectivity index (χ0v) is 8.58. The van der Waals surface area contributed by atoms with Gasteiger partial charge in [0, 0.05) is 18.0 Å². The molecule has 0 fully saturated rings. The second kappa shape index (κ2) is 3.19. The molecule has 2 rings (SSSR count). The average molecular weight is 181 g/mol. The number of hydrogen-bond donors (Lipinski definition) is 0. The topological polar surface area (TPSA) is 3.24 Å². The van der Waals surface area contributed by atoms with E-state index in [1.54, 1.807) is 10.4 Å². The Balaban J connectivity index is 2.26. The lowest BCUT2D eigenvalue weighted by atomic mass is 10.1. The molecule has 0 spiro atoms. The van der Waals surface area contributed by atoms with Crippen molar-refractivity contribution >= 4 is 11.3 Å². The van der Waals surface area contributed by atoms with Crippen LogP contribution in [0.25, 0.3) is 0 Å². The van der Waals surface area contributed by atoms with Gasteiger partial charge in [-0.2, -0.15) is 0 Å². The van der Waals surface area contributed by atoms with E-state index in [-0.39, 0.29) is 0 Å². The highest BCUT2D eigenvalue weighted by atomic mass is 32.1. The molecule has 1 nitrogen and oxygen atoms in total. The Morgan fingerprint density at radius 2 is 2.42 bits per heavy atom. The molecule has 2 heteroatoms. The molecule has 0 atom stereocenters. The zero-order valence-electron chi connectivity index (χ0n) is 7.76. The summed E-state index contributed by atoms with van der Waals surface area (Å²) in [6, 6.07) is 0. The van der Waals surface area contributed by atoms with Gasteiger partial charge in [-0.3, -0.25) is 4.90 Å². The highest BCUT2D eigenvalue weighted by Crippen LogP contribution is 2.27. The third-order valence-electron chi connectivity index (χ3n) is 2.67. The summed E-state index contributed by atoms with van der Waals surface area (Å²) in [6.07, 6.45) is 1.27. The normalized spacial score (nSPS) is 17.8. The molecule has 1 aromatic heterocycles. The fraction of sp³-hybridized carbons (Fsp3) is 0.600. The Kier molecular flexibility index (Phi) is 2.20. The summed E-state index contributed by atoms with van der Waals surface area (Å²) in [6.45, 7) is 8.10. The first-order chi connectivity index (χ1) is 5.81. The number of rotatable bonds is 1. The summed E-state index contributed by atoms with van der Waals surface area (Å²) in [5.74, 6) is 0. The summed E-state index contributed by atoms with van der Waals surface area (Å²) in [5, 5.41) is 2.30. The highest BCUT2D eigenvalue weighted by molar-refractivity contribution is 7.10. The summed E-state index contributed by atoms with van der Waals surface area (Å²) >= 11 is 1.94. The molecule has 0 bridgehead atoms. The third-order valence-corrected chi connectivity index (χ3v) is 3.88. The van der Waals surface area contributed by atoms with Crippen LogP contribution in [0.15, 0.2) is 5.38 Å². The summed E-state index contributed by atoms with van der Waals surface area (Å²) in [4.78, 5) is 4.14. The molecule has 0 saturated carbocycles. The molecule has 0 amide bonds. The Morgan fingerprint density at radius 1 is 1.58 bits per heavy atom. The largest absolute Gasteiger partial charge is 0.299 e. The maximum absolute atomic E-state index is 2.52. The quantitative estimate of drug-likeness (QED) is 0.643. The Hall–Kier alpha value is -0.340. The lowest BCUT2D eigenvalue weighted by Gasteiger charge is -2.25. The van der Waals surface area contributed by atoms with Gasteiger partial charge >= 0.3 is 0 Å². The van der Waals surface area contributed by atoms with E-state index >= 15 is 0 Å². The second-order valence-electron chi connectivity index (χ2n) is 3.44. The molecular formula is C10H15NS. The summed E-state index contributed by atoms with van der Waals surface area (Å²) < 4.78 is 0. The maximum Gasteiger partial charge on any atom is 0.0247 e. The molecular weight excluding hydrogens is 166 g/mol. The zero-order chi connectivity index (χ0) is 8.55. The fourth-order valence-corrected chi connectivity index (χ4v) is 2.81. The maximum atomic E-state index is 2.52. The first kappa shape index (κ1) is 8.27. The van der Waals surface area contributed by atoms with E-state index in [0.717, 1.165) is 0 Å². The highest BCUT2D eigenvalue weighted by Gasteiger charge is 2.17. The SMILES string of the molecule is CCN1CCc2scc(C)c2C1. The molecule has 0 aromatic carbocycles. The van der Waals surface area contributed by atoms with Crippen LogP contribution in [-0.2, 0) is 13.0 Å². The van der Waals surface area contributed by atoms with Crippen molar-refractivity contribution in [1.82, 2.24) is 4.90 Å². The lowest BCUT2D eigenvalue weighted by Crippen LogP contribution is -2.29. The van der Waals surface area contributed by atoms with Crippen LogP contribution < -0.4 is 0 Å². The number of nitrogens with zero attached hydrogens (tertiary/aromatic N) is 1. The minimum Gasteiger partial charge on any atom is -0.299 e. The number of fused-ring (bicyclic) bond motifs is 1. The van der Waals surface area contributed by atoms with Gasteiger partial charge in [0.1, 0.15) is 0 Å². The van der Waals surface area contributed by atoms with Crippen LogP contribution in [0.5, 0.6) is 0 Å².